The largest absolute Gasteiger partial charge is 0.507 e. The molecule has 0 amide bonds. The van der Waals surface area contributed by atoms with Crippen molar-refractivity contribution in [1.82, 2.24) is 29.9 Å². The van der Waals surface area contributed by atoms with Crippen LogP contribution in [0.3, 0.4) is 0 Å². The van der Waals surface area contributed by atoms with Crippen molar-refractivity contribution in [3.63, 3.8) is 0 Å². The van der Waals surface area contributed by atoms with E-state index in [0.717, 1.165) is 29.6 Å². The maximum absolute atomic E-state index is 10.4. The normalized spacial score (nSPS) is 22.4. The monoisotopic (exact) mass is 395 g/mol. The molecular formula is C19H21N7OS. The van der Waals surface area contributed by atoms with Gasteiger partial charge in [-0.05, 0) is 49.3 Å². The first kappa shape index (κ1) is 17.4. The molecule has 0 radical (unpaired) electrons. The van der Waals surface area contributed by atoms with E-state index < -0.39 is 0 Å². The first-order valence-electron chi connectivity index (χ1n) is 9.48. The van der Waals surface area contributed by atoms with Gasteiger partial charge in [-0.15, -0.1) is 10.2 Å². The second-order valence-corrected chi connectivity index (χ2v) is 8.32. The average Bonchev–Trinajstić information content (AvgIpc) is 3.42. The molecule has 2 aromatic heterocycles. The van der Waals surface area contributed by atoms with Gasteiger partial charge < -0.3 is 15.3 Å². The molecule has 1 aliphatic heterocycles. The third-order valence-electron chi connectivity index (χ3n) is 5.32. The van der Waals surface area contributed by atoms with Crippen LogP contribution < -0.4 is 10.2 Å². The van der Waals surface area contributed by atoms with Crippen LogP contribution in [-0.4, -0.2) is 54.8 Å². The minimum Gasteiger partial charge on any atom is -0.507 e. The number of anilines is 1. The van der Waals surface area contributed by atoms with E-state index >= 15 is 0 Å². The molecule has 0 bridgehead atoms. The number of benzene rings is 1. The summed E-state index contributed by atoms with van der Waals surface area (Å²) in [6.45, 7) is 3.98. The predicted molar refractivity (Wildman–Crippen MR) is 107 cm³/mol. The molecule has 144 valence electrons. The van der Waals surface area contributed by atoms with Gasteiger partial charge in [0.15, 0.2) is 0 Å². The van der Waals surface area contributed by atoms with Gasteiger partial charge in [0, 0.05) is 36.3 Å². The number of piperazine rings is 1. The van der Waals surface area contributed by atoms with E-state index in [4.69, 9.17) is 0 Å². The fraction of sp³-hybridized carbons (Fsp3) is 0.421. The molecule has 2 fully saturated rings. The maximum Gasteiger partial charge on any atom is 0.245 e. The Morgan fingerprint density at radius 3 is 2.75 bits per heavy atom. The lowest BCUT2D eigenvalue weighted by Crippen LogP contribution is -2.56. The molecule has 0 spiro atoms. The fourth-order valence-electron chi connectivity index (χ4n) is 3.78. The molecule has 5 rings (SSSR count). The number of hydrogen-bond donors (Lipinski definition) is 2. The van der Waals surface area contributed by atoms with Gasteiger partial charge in [0.25, 0.3) is 0 Å². The summed E-state index contributed by atoms with van der Waals surface area (Å²) in [6.07, 6.45) is 5.80. The van der Waals surface area contributed by atoms with Gasteiger partial charge in [-0.2, -0.15) is 4.37 Å². The number of phenolic OH excluding ortho intramolecular Hbond substituents is 1. The van der Waals surface area contributed by atoms with Crippen molar-refractivity contribution in [3.8, 4) is 27.6 Å². The van der Waals surface area contributed by atoms with Crippen LogP contribution in [-0.2, 0) is 0 Å². The van der Waals surface area contributed by atoms with Gasteiger partial charge >= 0.3 is 0 Å². The smallest absolute Gasteiger partial charge is 0.245 e. The number of nitrogens with one attached hydrogen (secondary N) is 1. The highest BCUT2D eigenvalue weighted by Crippen LogP contribution is 2.35. The van der Waals surface area contributed by atoms with Crippen molar-refractivity contribution in [2.75, 3.05) is 18.0 Å². The molecule has 0 unspecified atom stereocenters. The molecule has 2 aliphatic rings. The maximum atomic E-state index is 10.4. The molecule has 28 heavy (non-hydrogen) atoms. The quantitative estimate of drug-likeness (QED) is 0.694. The molecule has 1 aliphatic carbocycles. The second kappa shape index (κ2) is 7.06. The Balaban J connectivity index is 1.36. The van der Waals surface area contributed by atoms with Crippen LogP contribution in [0.1, 0.15) is 19.8 Å². The zero-order chi connectivity index (χ0) is 19.1. The lowest BCUT2D eigenvalue weighted by atomic mass is 10.1. The van der Waals surface area contributed by atoms with Crippen LogP contribution in [0.4, 0.5) is 5.95 Å². The third-order valence-corrected chi connectivity index (χ3v) is 6.03. The summed E-state index contributed by atoms with van der Waals surface area (Å²) in [5, 5.41) is 23.6. The Morgan fingerprint density at radius 1 is 1.18 bits per heavy atom. The topological polar surface area (TPSA) is 100.0 Å². The van der Waals surface area contributed by atoms with E-state index in [1.165, 1.54) is 30.7 Å². The summed E-state index contributed by atoms with van der Waals surface area (Å²) in [4.78, 5) is 10.9. The first-order chi connectivity index (χ1) is 13.7. The minimum absolute atomic E-state index is 0.126. The Labute approximate surface area is 166 Å². The van der Waals surface area contributed by atoms with Crippen LogP contribution >= 0.6 is 11.5 Å². The number of rotatable bonds is 4. The highest BCUT2D eigenvalue weighted by molar-refractivity contribution is 7.09. The van der Waals surface area contributed by atoms with Gasteiger partial charge in [0.2, 0.25) is 5.95 Å². The number of hydrogen-bond acceptors (Lipinski definition) is 9. The predicted octanol–water partition coefficient (Wildman–Crippen LogP) is 2.34. The van der Waals surface area contributed by atoms with E-state index in [2.05, 4.69) is 41.7 Å². The van der Waals surface area contributed by atoms with Crippen LogP contribution in [0.2, 0.25) is 0 Å². The van der Waals surface area contributed by atoms with Crippen molar-refractivity contribution < 1.29 is 5.11 Å². The molecule has 9 heteroatoms. The summed E-state index contributed by atoms with van der Waals surface area (Å²) < 4.78 is 4.00. The Morgan fingerprint density at radius 2 is 2.07 bits per heavy atom. The van der Waals surface area contributed by atoms with Gasteiger partial charge in [0.05, 0.1) is 6.20 Å². The zero-order valence-corrected chi connectivity index (χ0v) is 16.3. The van der Waals surface area contributed by atoms with Crippen molar-refractivity contribution in [1.29, 1.82) is 0 Å². The van der Waals surface area contributed by atoms with E-state index in [1.807, 2.05) is 12.1 Å². The van der Waals surface area contributed by atoms with Gasteiger partial charge in [0.1, 0.15) is 22.8 Å². The van der Waals surface area contributed by atoms with Crippen LogP contribution in [0, 0.1) is 5.92 Å². The van der Waals surface area contributed by atoms with Crippen molar-refractivity contribution >= 4 is 17.5 Å². The fourth-order valence-corrected chi connectivity index (χ4v) is 4.30. The summed E-state index contributed by atoms with van der Waals surface area (Å²) in [5.74, 6) is 1.55. The SMILES string of the molecule is C[C@@H]1CN(c2ncc(-c3ccc(-c4ncns4)cc3O)nn2)C[C@H](C2CC2)N1. The lowest BCUT2D eigenvalue weighted by molar-refractivity contribution is 0.355. The Hall–Kier alpha value is -2.65. The number of nitrogens with zero attached hydrogens (tertiary/aromatic N) is 6. The zero-order valence-electron chi connectivity index (χ0n) is 15.5. The van der Waals surface area contributed by atoms with Crippen molar-refractivity contribution in [3.05, 3.63) is 30.7 Å². The summed E-state index contributed by atoms with van der Waals surface area (Å²) in [5.41, 5.74) is 1.97. The standard InChI is InChI=1S/C19H21N7OS/c1-11-8-26(9-16(23-11)12-2-3-12)19-20-7-15(24-25-19)14-5-4-13(6-17(14)27)18-21-10-22-28-18/h4-7,10-12,16,23,27H,2-3,8-9H2,1H3/t11-,16-/m1/s1. The van der Waals surface area contributed by atoms with Crippen LogP contribution in [0.15, 0.2) is 30.7 Å². The minimum atomic E-state index is 0.126. The van der Waals surface area contributed by atoms with Crippen molar-refractivity contribution in [2.24, 2.45) is 5.92 Å². The van der Waals surface area contributed by atoms with Gasteiger partial charge in [-0.1, -0.05) is 6.07 Å². The van der Waals surface area contributed by atoms with Gasteiger partial charge in [-0.25, -0.2) is 9.97 Å². The molecule has 1 aromatic carbocycles. The van der Waals surface area contributed by atoms with E-state index in [0.29, 0.717) is 29.3 Å². The third kappa shape index (κ3) is 3.43. The molecule has 2 N–H and O–H groups in total. The van der Waals surface area contributed by atoms with E-state index in [-0.39, 0.29) is 5.75 Å². The highest BCUT2D eigenvalue weighted by Gasteiger charge is 2.36. The molecule has 1 saturated heterocycles. The Kier molecular flexibility index (Phi) is 4.40. The van der Waals surface area contributed by atoms with Gasteiger partial charge in [-0.3, -0.25) is 0 Å². The molecule has 8 nitrogen and oxygen atoms in total. The van der Waals surface area contributed by atoms with Crippen LogP contribution in [0.25, 0.3) is 21.8 Å². The van der Waals surface area contributed by atoms with E-state index in [1.54, 1.807) is 12.3 Å². The second-order valence-electron chi connectivity index (χ2n) is 7.54. The first-order valence-corrected chi connectivity index (χ1v) is 10.3. The lowest BCUT2D eigenvalue weighted by Gasteiger charge is -2.37. The molecule has 3 heterocycles. The molecular weight excluding hydrogens is 374 g/mol. The summed E-state index contributed by atoms with van der Waals surface area (Å²) in [7, 11) is 0. The van der Waals surface area contributed by atoms with Crippen molar-refractivity contribution in [2.45, 2.75) is 31.8 Å². The summed E-state index contributed by atoms with van der Waals surface area (Å²) in [6, 6.07) is 6.28. The average molecular weight is 395 g/mol. The highest BCUT2D eigenvalue weighted by atomic mass is 32.1. The molecule has 1 saturated carbocycles. The van der Waals surface area contributed by atoms with E-state index in [9.17, 15) is 5.11 Å². The van der Waals surface area contributed by atoms with Crippen LogP contribution in [0.5, 0.6) is 5.75 Å². The Bertz CT molecular complexity index is 959. The number of phenols is 1. The molecule has 2 atom stereocenters. The molecule has 3 aromatic rings. The summed E-state index contributed by atoms with van der Waals surface area (Å²) >= 11 is 1.29. The number of aromatic hydroxyl groups is 1. The number of aromatic nitrogens is 5.